The van der Waals surface area contributed by atoms with Gasteiger partial charge in [0.2, 0.25) is 0 Å². The van der Waals surface area contributed by atoms with E-state index in [9.17, 15) is 0 Å². The van der Waals surface area contributed by atoms with E-state index in [0.29, 0.717) is 11.7 Å². The molecule has 2 aliphatic heterocycles. The summed E-state index contributed by atoms with van der Waals surface area (Å²) in [5.74, 6) is 3.65. The van der Waals surface area contributed by atoms with Crippen molar-refractivity contribution in [2.45, 2.75) is 16.0 Å². The molecule has 2 aliphatic rings. The molecule has 0 saturated heterocycles. The lowest BCUT2D eigenvalue weighted by Gasteiger charge is -2.24. The van der Waals surface area contributed by atoms with Crippen LogP contribution < -0.4 is 10.1 Å². The average Bonchev–Trinajstić information content (AvgIpc) is 3.29. The molecule has 1 atom stereocenters. The van der Waals surface area contributed by atoms with Gasteiger partial charge in [-0.1, -0.05) is 169 Å². The minimum absolute atomic E-state index is 0.334. The Morgan fingerprint density at radius 2 is 1.09 bits per heavy atom. The summed E-state index contributed by atoms with van der Waals surface area (Å²) in [7, 11) is 0. The molecule has 3 heterocycles. The van der Waals surface area contributed by atoms with Crippen LogP contribution in [0, 0.1) is 0 Å². The highest BCUT2D eigenvalue weighted by atomic mass is 32.2. The topological polar surface area (TPSA) is 71.8 Å². The van der Waals surface area contributed by atoms with Gasteiger partial charge < -0.3 is 10.1 Å². The van der Waals surface area contributed by atoms with E-state index in [-0.39, 0.29) is 6.17 Å². The SMILES string of the molecule is c1ccc(C2=NC(c3ccc(-c4cccc5c4Sc4ccccc4O5)c(-c4nc(-c5ccccc5)cc(-c5ccccc5)n4)c3)=NC(c3ccccc3)N2)cc1. The standard InChI is InChI=1S/C49H33N5OS/c1-5-16-32(17-6-1)40-31-41(33-18-7-2-8-19-33)51-49(50-40)39-30-36(28-29-37(39)38-24-15-26-43-45(38)56-44-27-14-13-25-42(44)55-43)48-53-46(34-20-9-3-10-21-34)52-47(54-48)35-22-11-4-12-23-35/h1-31,46H,(H,52,53,54). The summed E-state index contributed by atoms with van der Waals surface area (Å²) < 4.78 is 6.47. The molecule has 7 aromatic carbocycles. The third-order valence-electron chi connectivity index (χ3n) is 9.84. The van der Waals surface area contributed by atoms with Gasteiger partial charge in [-0.2, -0.15) is 0 Å². The number of fused-ring (bicyclic) bond motifs is 2. The number of nitrogens with one attached hydrogen (secondary N) is 1. The van der Waals surface area contributed by atoms with E-state index in [2.05, 4.69) is 96.3 Å². The zero-order valence-electron chi connectivity index (χ0n) is 30.1. The molecule has 0 saturated carbocycles. The van der Waals surface area contributed by atoms with Gasteiger partial charge in [-0.3, -0.25) is 0 Å². The van der Waals surface area contributed by atoms with Crippen LogP contribution in [0.4, 0.5) is 0 Å². The van der Waals surface area contributed by atoms with Gasteiger partial charge in [0, 0.05) is 33.4 Å². The fraction of sp³-hybridized carbons (Fsp3) is 0.0204. The summed E-state index contributed by atoms with van der Waals surface area (Å²) in [6.45, 7) is 0. The van der Waals surface area contributed by atoms with E-state index >= 15 is 0 Å². The highest BCUT2D eigenvalue weighted by molar-refractivity contribution is 7.99. The fourth-order valence-corrected chi connectivity index (χ4v) is 8.15. The smallest absolute Gasteiger partial charge is 0.161 e. The van der Waals surface area contributed by atoms with Crippen LogP contribution in [-0.2, 0) is 0 Å². The second-order valence-corrected chi connectivity index (χ2v) is 14.5. The van der Waals surface area contributed by atoms with Crippen LogP contribution in [0.15, 0.2) is 208 Å². The Bertz CT molecular complexity index is 2720. The number of aliphatic imine (C=N–C) groups is 2. The number of ether oxygens (including phenoxy) is 1. The maximum absolute atomic E-state index is 6.47. The van der Waals surface area contributed by atoms with E-state index in [0.717, 1.165) is 83.0 Å². The molecule has 56 heavy (non-hydrogen) atoms. The lowest BCUT2D eigenvalue weighted by atomic mass is 9.95. The molecular weight excluding hydrogens is 707 g/mol. The van der Waals surface area contributed by atoms with Crippen molar-refractivity contribution in [2.75, 3.05) is 0 Å². The normalized spacial score (nSPS) is 14.3. The first-order valence-corrected chi connectivity index (χ1v) is 19.3. The Morgan fingerprint density at radius 1 is 0.482 bits per heavy atom. The van der Waals surface area contributed by atoms with Crippen LogP contribution in [0.5, 0.6) is 11.5 Å². The van der Waals surface area contributed by atoms with E-state index in [4.69, 9.17) is 24.7 Å². The summed E-state index contributed by atoms with van der Waals surface area (Å²) in [6, 6.07) is 63.9. The Kier molecular flexibility index (Phi) is 8.74. The van der Waals surface area contributed by atoms with Gasteiger partial charge in [0.1, 0.15) is 23.5 Å². The second-order valence-electron chi connectivity index (χ2n) is 13.5. The number of nitrogens with zero attached hydrogens (tertiary/aromatic N) is 4. The summed E-state index contributed by atoms with van der Waals surface area (Å²) in [5, 5.41) is 3.58. The number of para-hydroxylation sites is 1. The Morgan fingerprint density at radius 3 is 1.79 bits per heavy atom. The summed E-state index contributed by atoms with van der Waals surface area (Å²) >= 11 is 1.72. The van der Waals surface area contributed by atoms with Gasteiger partial charge >= 0.3 is 0 Å². The average molecular weight is 740 g/mol. The molecule has 6 nitrogen and oxygen atoms in total. The predicted molar refractivity (Wildman–Crippen MR) is 226 cm³/mol. The van der Waals surface area contributed by atoms with Crippen LogP contribution in [0.2, 0.25) is 0 Å². The molecule has 266 valence electrons. The van der Waals surface area contributed by atoms with Crippen molar-refractivity contribution in [2.24, 2.45) is 9.98 Å². The number of amidine groups is 2. The van der Waals surface area contributed by atoms with Crippen molar-refractivity contribution in [3.8, 4) is 56.5 Å². The van der Waals surface area contributed by atoms with Crippen LogP contribution in [0.3, 0.4) is 0 Å². The molecule has 0 amide bonds. The van der Waals surface area contributed by atoms with Crippen molar-refractivity contribution in [3.63, 3.8) is 0 Å². The first-order chi connectivity index (χ1) is 27.7. The first kappa shape index (κ1) is 33.5. The van der Waals surface area contributed by atoms with Crippen molar-refractivity contribution < 1.29 is 4.74 Å². The van der Waals surface area contributed by atoms with Gasteiger partial charge in [0.15, 0.2) is 11.7 Å². The van der Waals surface area contributed by atoms with E-state index in [1.165, 1.54) is 0 Å². The van der Waals surface area contributed by atoms with Gasteiger partial charge in [-0.05, 0) is 41.5 Å². The quantitative estimate of drug-likeness (QED) is 0.176. The molecule has 0 aliphatic carbocycles. The fourth-order valence-electron chi connectivity index (χ4n) is 7.07. The first-order valence-electron chi connectivity index (χ1n) is 18.5. The molecule has 0 bridgehead atoms. The minimum atomic E-state index is -0.334. The van der Waals surface area contributed by atoms with Crippen LogP contribution in [0.1, 0.15) is 22.9 Å². The van der Waals surface area contributed by atoms with Crippen molar-refractivity contribution >= 4 is 23.4 Å². The van der Waals surface area contributed by atoms with Crippen LogP contribution >= 0.6 is 11.8 Å². The molecule has 1 N–H and O–H groups in total. The molecule has 0 spiro atoms. The number of hydrogen-bond donors (Lipinski definition) is 1. The third kappa shape index (κ3) is 6.54. The highest BCUT2D eigenvalue weighted by Crippen LogP contribution is 2.51. The predicted octanol–water partition coefficient (Wildman–Crippen LogP) is 11.9. The Hall–Kier alpha value is -7.09. The summed E-state index contributed by atoms with van der Waals surface area (Å²) in [4.78, 5) is 23.1. The van der Waals surface area contributed by atoms with Crippen molar-refractivity contribution in [3.05, 3.63) is 205 Å². The van der Waals surface area contributed by atoms with Gasteiger partial charge in [0.05, 0.1) is 21.2 Å². The number of rotatable bonds is 7. The Labute approximate surface area is 329 Å². The highest BCUT2D eigenvalue weighted by Gasteiger charge is 2.26. The molecule has 8 aromatic rings. The van der Waals surface area contributed by atoms with Crippen molar-refractivity contribution in [1.29, 1.82) is 0 Å². The largest absolute Gasteiger partial charge is 0.455 e. The van der Waals surface area contributed by atoms with E-state index < -0.39 is 0 Å². The lowest BCUT2D eigenvalue weighted by molar-refractivity contribution is 0.455. The Balaban J connectivity index is 1.20. The monoisotopic (exact) mass is 739 g/mol. The van der Waals surface area contributed by atoms with Gasteiger partial charge in [-0.25, -0.2) is 20.0 Å². The van der Waals surface area contributed by atoms with Gasteiger partial charge in [0.25, 0.3) is 0 Å². The van der Waals surface area contributed by atoms with Crippen molar-refractivity contribution in [1.82, 2.24) is 15.3 Å². The molecule has 1 unspecified atom stereocenters. The molecule has 10 rings (SSSR count). The summed E-state index contributed by atoms with van der Waals surface area (Å²) in [6.07, 6.45) is -0.334. The number of benzene rings is 7. The van der Waals surface area contributed by atoms with Crippen LogP contribution in [-0.4, -0.2) is 21.6 Å². The maximum atomic E-state index is 6.47. The minimum Gasteiger partial charge on any atom is -0.455 e. The van der Waals surface area contributed by atoms with E-state index in [1.807, 2.05) is 97.1 Å². The number of aromatic nitrogens is 2. The molecule has 0 fully saturated rings. The molecule has 0 radical (unpaired) electrons. The molecule has 7 heteroatoms. The second kappa shape index (κ2) is 14.6. The maximum Gasteiger partial charge on any atom is 0.161 e. The third-order valence-corrected chi connectivity index (χ3v) is 11.0. The summed E-state index contributed by atoms with van der Waals surface area (Å²) in [5.41, 5.74) is 9.44. The lowest BCUT2D eigenvalue weighted by Crippen LogP contribution is -2.33. The van der Waals surface area contributed by atoms with E-state index in [1.54, 1.807) is 11.8 Å². The van der Waals surface area contributed by atoms with Gasteiger partial charge in [-0.15, -0.1) is 0 Å². The molecular formula is C49H33N5OS. The molecule has 1 aromatic heterocycles. The zero-order chi connectivity index (χ0) is 37.3. The zero-order valence-corrected chi connectivity index (χ0v) is 30.9. The number of hydrogen-bond acceptors (Lipinski definition) is 7. The van der Waals surface area contributed by atoms with Crippen LogP contribution in [0.25, 0.3) is 45.0 Å².